The first-order valence-electron chi connectivity index (χ1n) is 11.4. The third-order valence-electron chi connectivity index (χ3n) is 6.14. The van der Waals surface area contributed by atoms with Crippen LogP contribution < -0.4 is 5.32 Å². The van der Waals surface area contributed by atoms with E-state index in [9.17, 15) is 4.79 Å². The molecule has 4 rings (SSSR count). The zero-order valence-corrected chi connectivity index (χ0v) is 21.1. The van der Waals surface area contributed by atoms with Gasteiger partial charge in [0, 0.05) is 28.1 Å². The Kier molecular flexibility index (Phi) is 7.48. The van der Waals surface area contributed by atoms with E-state index >= 15 is 0 Å². The molecule has 1 amide bonds. The maximum Gasteiger partial charge on any atom is 0.224 e. The molecular weight excluding hydrogens is 436 g/mol. The van der Waals surface area contributed by atoms with Gasteiger partial charge in [-0.05, 0) is 76.7 Å². The second-order valence-corrected chi connectivity index (χ2v) is 10.9. The van der Waals surface area contributed by atoms with Crippen LogP contribution in [0.5, 0.6) is 0 Å². The SMILES string of the molecule is Cc1cccc(C)c1NC(=O)CCCSc1nc(CN2CCCC2)nc2sc(C)c(C)c12. The smallest absolute Gasteiger partial charge is 0.224 e. The number of rotatable bonds is 8. The molecule has 0 aliphatic carbocycles. The number of carbonyl (C=O) groups excluding carboxylic acids is 1. The number of nitrogens with zero attached hydrogens (tertiary/aromatic N) is 3. The highest BCUT2D eigenvalue weighted by Gasteiger charge is 2.18. The number of nitrogens with one attached hydrogen (secondary N) is 1. The van der Waals surface area contributed by atoms with Gasteiger partial charge in [0.2, 0.25) is 5.91 Å². The number of aryl methyl sites for hydroxylation is 4. The highest BCUT2D eigenvalue weighted by atomic mass is 32.2. The minimum Gasteiger partial charge on any atom is -0.326 e. The number of para-hydroxylation sites is 1. The monoisotopic (exact) mass is 468 g/mol. The Balaban J connectivity index is 1.40. The molecule has 1 fully saturated rings. The number of thiophene rings is 1. The number of hydrogen-bond donors (Lipinski definition) is 1. The molecule has 1 aliphatic heterocycles. The molecule has 170 valence electrons. The molecule has 0 unspecified atom stereocenters. The van der Waals surface area contributed by atoms with Crippen LogP contribution in [0, 0.1) is 27.7 Å². The predicted molar refractivity (Wildman–Crippen MR) is 136 cm³/mol. The second kappa shape index (κ2) is 10.3. The molecule has 3 heterocycles. The molecule has 0 saturated carbocycles. The molecule has 3 aromatic rings. The molecule has 2 aromatic heterocycles. The first kappa shape index (κ1) is 23.2. The summed E-state index contributed by atoms with van der Waals surface area (Å²) >= 11 is 3.53. The number of carbonyl (C=O) groups is 1. The predicted octanol–water partition coefficient (Wildman–Crippen LogP) is 6.03. The van der Waals surface area contributed by atoms with Crippen LogP contribution in [0.4, 0.5) is 5.69 Å². The van der Waals surface area contributed by atoms with Crippen molar-refractivity contribution in [2.24, 2.45) is 0 Å². The van der Waals surface area contributed by atoms with Crippen LogP contribution in [0.15, 0.2) is 23.2 Å². The Morgan fingerprint density at radius 2 is 1.84 bits per heavy atom. The van der Waals surface area contributed by atoms with Gasteiger partial charge in [-0.3, -0.25) is 9.69 Å². The Bertz CT molecular complexity index is 1100. The van der Waals surface area contributed by atoms with E-state index in [0.717, 1.165) is 64.3 Å². The first-order chi connectivity index (χ1) is 15.4. The summed E-state index contributed by atoms with van der Waals surface area (Å²) in [7, 11) is 0. The fourth-order valence-electron chi connectivity index (χ4n) is 4.19. The van der Waals surface area contributed by atoms with Gasteiger partial charge in [0.15, 0.2) is 0 Å². The van der Waals surface area contributed by atoms with Gasteiger partial charge in [0.25, 0.3) is 0 Å². The molecule has 1 aliphatic rings. The quantitative estimate of drug-likeness (QED) is 0.248. The van der Waals surface area contributed by atoms with Crippen LogP contribution in [-0.2, 0) is 11.3 Å². The Hall–Kier alpha value is -1.96. The number of amides is 1. The fourth-order valence-corrected chi connectivity index (χ4v) is 6.34. The van der Waals surface area contributed by atoms with Crippen LogP contribution in [-0.4, -0.2) is 39.6 Å². The van der Waals surface area contributed by atoms with Crippen LogP contribution in [0.3, 0.4) is 0 Å². The Morgan fingerprint density at radius 3 is 2.56 bits per heavy atom. The largest absolute Gasteiger partial charge is 0.326 e. The van der Waals surface area contributed by atoms with Crippen molar-refractivity contribution in [3.8, 4) is 0 Å². The standard InChI is InChI=1S/C25H32N4OS2/c1-16-9-7-10-17(2)23(16)28-21(30)11-8-14-31-24-22-18(3)19(4)32-25(22)27-20(26-24)15-29-12-5-6-13-29/h7,9-10H,5-6,8,11-15H2,1-4H3,(H,28,30). The zero-order valence-electron chi connectivity index (χ0n) is 19.5. The average Bonchev–Trinajstić information content (AvgIpc) is 3.36. The van der Waals surface area contributed by atoms with Gasteiger partial charge in [-0.15, -0.1) is 23.1 Å². The first-order valence-corrected chi connectivity index (χ1v) is 13.2. The molecule has 32 heavy (non-hydrogen) atoms. The average molecular weight is 469 g/mol. The zero-order chi connectivity index (χ0) is 22.7. The van der Waals surface area contributed by atoms with Gasteiger partial charge >= 0.3 is 0 Å². The summed E-state index contributed by atoms with van der Waals surface area (Å²) in [6.45, 7) is 11.5. The third-order valence-corrected chi connectivity index (χ3v) is 8.30. The van der Waals surface area contributed by atoms with Crippen LogP contribution in [0.1, 0.15) is 53.1 Å². The van der Waals surface area contributed by atoms with Gasteiger partial charge in [-0.1, -0.05) is 18.2 Å². The Morgan fingerprint density at radius 1 is 1.12 bits per heavy atom. The van der Waals surface area contributed by atoms with E-state index in [-0.39, 0.29) is 5.91 Å². The minimum atomic E-state index is 0.0770. The van der Waals surface area contributed by atoms with Crippen molar-refractivity contribution in [1.29, 1.82) is 0 Å². The fraction of sp³-hybridized carbons (Fsp3) is 0.480. The van der Waals surface area contributed by atoms with E-state index in [2.05, 4.69) is 24.1 Å². The number of likely N-dealkylation sites (tertiary alicyclic amines) is 1. The molecule has 0 spiro atoms. The molecule has 0 radical (unpaired) electrons. The van der Waals surface area contributed by atoms with Crippen molar-refractivity contribution in [3.63, 3.8) is 0 Å². The number of benzene rings is 1. The molecule has 0 bridgehead atoms. The van der Waals surface area contributed by atoms with Crippen LogP contribution in [0.25, 0.3) is 10.2 Å². The van der Waals surface area contributed by atoms with E-state index in [1.807, 2.05) is 32.0 Å². The van der Waals surface area contributed by atoms with E-state index in [1.54, 1.807) is 23.1 Å². The summed E-state index contributed by atoms with van der Waals surface area (Å²) in [6, 6.07) is 6.08. The third kappa shape index (κ3) is 5.33. The van der Waals surface area contributed by atoms with Gasteiger partial charge in [-0.25, -0.2) is 9.97 Å². The van der Waals surface area contributed by atoms with Gasteiger partial charge in [-0.2, -0.15) is 0 Å². The van der Waals surface area contributed by atoms with Crippen molar-refractivity contribution in [2.45, 2.75) is 64.9 Å². The van der Waals surface area contributed by atoms with Crippen molar-refractivity contribution in [2.75, 3.05) is 24.2 Å². The molecule has 7 heteroatoms. The molecule has 0 atom stereocenters. The van der Waals surface area contributed by atoms with Crippen LogP contribution >= 0.6 is 23.1 Å². The maximum absolute atomic E-state index is 12.5. The lowest BCUT2D eigenvalue weighted by molar-refractivity contribution is -0.116. The summed E-state index contributed by atoms with van der Waals surface area (Å²) in [5, 5.41) is 5.36. The lowest BCUT2D eigenvalue weighted by atomic mass is 10.1. The van der Waals surface area contributed by atoms with E-state index in [1.165, 1.54) is 28.7 Å². The van der Waals surface area contributed by atoms with Crippen molar-refractivity contribution in [3.05, 3.63) is 45.6 Å². The van der Waals surface area contributed by atoms with E-state index < -0.39 is 0 Å². The highest BCUT2D eigenvalue weighted by Crippen LogP contribution is 2.35. The van der Waals surface area contributed by atoms with Crippen molar-refractivity contribution < 1.29 is 4.79 Å². The summed E-state index contributed by atoms with van der Waals surface area (Å²) in [6.07, 6.45) is 3.87. The van der Waals surface area contributed by atoms with Gasteiger partial charge in [0.05, 0.1) is 6.54 Å². The summed E-state index contributed by atoms with van der Waals surface area (Å²) in [5.41, 5.74) is 4.43. The number of thioether (sulfide) groups is 1. The normalized spacial score (nSPS) is 14.4. The van der Waals surface area contributed by atoms with Crippen molar-refractivity contribution >= 4 is 44.9 Å². The highest BCUT2D eigenvalue weighted by molar-refractivity contribution is 7.99. The Labute approximate surface area is 199 Å². The lowest BCUT2D eigenvalue weighted by Gasteiger charge is -2.14. The molecule has 5 nitrogen and oxygen atoms in total. The summed E-state index contributed by atoms with van der Waals surface area (Å²) in [4.78, 5) is 27.2. The van der Waals surface area contributed by atoms with Crippen molar-refractivity contribution in [1.82, 2.24) is 14.9 Å². The molecule has 1 N–H and O–H groups in total. The molecule has 1 aromatic carbocycles. The minimum absolute atomic E-state index is 0.0770. The summed E-state index contributed by atoms with van der Waals surface area (Å²) < 4.78 is 0. The number of hydrogen-bond acceptors (Lipinski definition) is 6. The van der Waals surface area contributed by atoms with E-state index in [0.29, 0.717) is 6.42 Å². The second-order valence-electron chi connectivity index (χ2n) is 8.66. The van der Waals surface area contributed by atoms with Gasteiger partial charge < -0.3 is 5.32 Å². The lowest BCUT2D eigenvalue weighted by Crippen LogP contribution is -2.20. The maximum atomic E-state index is 12.5. The topological polar surface area (TPSA) is 58.1 Å². The molecule has 1 saturated heterocycles. The number of anilines is 1. The van der Waals surface area contributed by atoms with E-state index in [4.69, 9.17) is 9.97 Å². The number of aromatic nitrogens is 2. The van der Waals surface area contributed by atoms with Crippen LogP contribution in [0.2, 0.25) is 0 Å². The summed E-state index contributed by atoms with van der Waals surface area (Å²) in [5.74, 6) is 1.87. The molecular formula is C25H32N4OS2. The van der Waals surface area contributed by atoms with Gasteiger partial charge in [0.1, 0.15) is 15.7 Å². The number of fused-ring (bicyclic) bond motifs is 1.